The van der Waals surface area contributed by atoms with E-state index in [-0.39, 0.29) is 18.6 Å². The molecular weight excluding hydrogens is 212 g/mol. The van der Waals surface area contributed by atoms with Crippen LogP contribution in [-0.2, 0) is 11.2 Å². The SMILES string of the molecule is C#CCC(N)C(=O)Cc1ccc(F)c(F)c1. The van der Waals surface area contributed by atoms with Crippen LogP contribution in [0.25, 0.3) is 0 Å². The number of nitrogens with two attached hydrogens (primary N) is 1. The van der Waals surface area contributed by atoms with Gasteiger partial charge in [-0.3, -0.25) is 4.79 Å². The minimum Gasteiger partial charge on any atom is -0.321 e. The van der Waals surface area contributed by atoms with Gasteiger partial charge in [0.2, 0.25) is 0 Å². The largest absolute Gasteiger partial charge is 0.321 e. The number of ketones is 1. The van der Waals surface area contributed by atoms with Crippen molar-refractivity contribution >= 4 is 5.78 Å². The molecule has 2 nitrogen and oxygen atoms in total. The lowest BCUT2D eigenvalue weighted by Gasteiger charge is -2.07. The lowest BCUT2D eigenvalue weighted by Crippen LogP contribution is -2.31. The first kappa shape index (κ1) is 12.3. The number of hydrogen-bond donors (Lipinski definition) is 1. The van der Waals surface area contributed by atoms with Gasteiger partial charge in [-0.15, -0.1) is 12.3 Å². The van der Waals surface area contributed by atoms with Crippen LogP contribution in [0.2, 0.25) is 0 Å². The van der Waals surface area contributed by atoms with E-state index in [4.69, 9.17) is 12.2 Å². The smallest absolute Gasteiger partial charge is 0.159 e. The van der Waals surface area contributed by atoms with Crippen LogP contribution in [0.5, 0.6) is 0 Å². The van der Waals surface area contributed by atoms with Gasteiger partial charge in [-0.2, -0.15) is 0 Å². The van der Waals surface area contributed by atoms with Crippen molar-refractivity contribution in [1.29, 1.82) is 0 Å². The fraction of sp³-hybridized carbons (Fsp3) is 0.250. The van der Waals surface area contributed by atoms with Crippen LogP contribution in [0, 0.1) is 24.0 Å². The van der Waals surface area contributed by atoms with Crippen molar-refractivity contribution in [3.63, 3.8) is 0 Å². The van der Waals surface area contributed by atoms with Gasteiger partial charge < -0.3 is 5.73 Å². The van der Waals surface area contributed by atoms with E-state index in [0.717, 1.165) is 12.1 Å². The van der Waals surface area contributed by atoms with Gasteiger partial charge in [0.1, 0.15) is 0 Å². The fourth-order valence-corrected chi connectivity index (χ4v) is 1.22. The van der Waals surface area contributed by atoms with E-state index >= 15 is 0 Å². The molecule has 0 aliphatic carbocycles. The van der Waals surface area contributed by atoms with Crippen molar-refractivity contribution in [1.82, 2.24) is 0 Å². The molecule has 1 aromatic rings. The Morgan fingerprint density at radius 2 is 2.12 bits per heavy atom. The van der Waals surface area contributed by atoms with Crippen LogP contribution < -0.4 is 5.73 Å². The lowest BCUT2D eigenvalue weighted by molar-refractivity contribution is -0.119. The summed E-state index contributed by atoms with van der Waals surface area (Å²) in [5.74, 6) is 0.0700. The Morgan fingerprint density at radius 1 is 1.44 bits per heavy atom. The van der Waals surface area contributed by atoms with Crippen molar-refractivity contribution in [2.45, 2.75) is 18.9 Å². The van der Waals surface area contributed by atoms with Gasteiger partial charge >= 0.3 is 0 Å². The zero-order chi connectivity index (χ0) is 12.1. The summed E-state index contributed by atoms with van der Waals surface area (Å²) in [6, 6.07) is 2.55. The third-order valence-corrected chi connectivity index (χ3v) is 2.11. The molecular formula is C12H11F2NO. The second-order valence-electron chi connectivity index (χ2n) is 3.41. The molecule has 0 saturated heterocycles. The van der Waals surface area contributed by atoms with Crippen LogP contribution in [-0.4, -0.2) is 11.8 Å². The molecule has 1 aromatic carbocycles. The summed E-state index contributed by atoms with van der Waals surface area (Å²) in [4.78, 5) is 11.5. The highest BCUT2D eigenvalue weighted by Gasteiger charge is 2.13. The molecule has 0 fully saturated rings. The fourth-order valence-electron chi connectivity index (χ4n) is 1.22. The van der Waals surface area contributed by atoms with Gasteiger partial charge in [0.25, 0.3) is 0 Å². The van der Waals surface area contributed by atoms with Crippen LogP contribution in [0.1, 0.15) is 12.0 Å². The Bertz CT molecular complexity index is 437. The van der Waals surface area contributed by atoms with Crippen molar-refractivity contribution in [2.75, 3.05) is 0 Å². The standard InChI is InChI=1S/C12H11F2NO/c1-2-3-11(15)12(16)7-8-4-5-9(13)10(14)6-8/h1,4-6,11H,3,7,15H2. The first-order valence-corrected chi connectivity index (χ1v) is 4.70. The van der Waals surface area contributed by atoms with Crippen molar-refractivity contribution < 1.29 is 13.6 Å². The predicted molar refractivity (Wildman–Crippen MR) is 56.5 cm³/mol. The minimum absolute atomic E-state index is 0.0416. The molecule has 0 bridgehead atoms. The maximum Gasteiger partial charge on any atom is 0.159 e. The molecule has 0 aromatic heterocycles. The van der Waals surface area contributed by atoms with Crippen molar-refractivity contribution in [2.24, 2.45) is 5.73 Å². The number of carbonyl (C=O) groups excluding carboxylic acids is 1. The number of carbonyl (C=O) groups is 1. The third kappa shape index (κ3) is 3.14. The highest BCUT2D eigenvalue weighted by Crippen LogP contribution is 2.10. The Labute approximate surface area is 92.5 Å². The average molecular weight is 223 g/mol. The number of terminal acetylenes is 1. The maximum atomic E-state index is 12.8. The minimum atomic E-state index is -0.976. The predicted octanol–water partition coefficient (Wildman–Crippen LogP) is 1.43. The Kier molecular flexibility index (Phi) is 4.15. The monoisotopic (exact) mass is 223 g/mol. The van der Waals surface area contributed by atoms with Crippen LogP contribution in [0.15, 0.2) is 18.2 Å². The van der Waals surface area contributed by atoms with E-state index in [1.807, 2.05) is 0 Å². The van der Waals surface area contributed by atoms with Crippen LogP contribution in [0.4, 0.5) is 8.78 Å². The van der Waals surface area contributed by atoms with Gasteiger partial charge in [0.15, 0.2) is 17.4 Å². The van der Waals surface area contributed by atoms with Crippen molar-refractivity contribution in [3.05, 3.63) is 35.4 Å². The number of benzene rings is 1. The number of halogens is 2. The second kappa shape index (κ2) is 5.38. The average Bonchev–Trinajstić information content (AvgIpc) is 2.24. The van der Waals surface area contributed by atoms with E-state index in [1.165, 1.54) is 6.07 Å². The van der Waals surface area contributed by atoms with E-state index < -0.39 is 17.7 Å². The van der Waals surface area contributed by atoms with E-state index in [1.54, 1.807) is 0 Å². The summed E-state index contributed by atoms with van der Waals surface area (Å²) in [6.45, 7) is 0. The van der Waals surface area contributed by atoms with Crippen LogP contribution >= 0.6 is 0 Å². The van der Waals surface area contributed by atoms with Crippen LogP contribution in [0.3, 0.4) is 0 Å². The van der Waals surface area contributed by atoms with Gasteiger partial charge in [-0.1, -0.05) is 6.07 Å². The molecule has 0 aliphatic rings. The quantitative estimate of drug-likeness (QED) is 0.784. The zero-order valence-electron chi connectivity index (χ0n) is 8.54. The first-order chi connectivity index (χ1) is 7.54. The van der Waals surface area contributed by atoms with Crippen molar-refractivity contribution in [3.8, 4) is 12.3 Å². The van der Waals surface area contributed by atoms with Gasteiger partial charge in [-0.25, -0.2) is 8.78 Å². The molecule has 84 valence electrons. The van der Waals surface area contributed by atoms with E-state index in [2.05, 4.69) is 5.92 Å². The molecule has 1 rings (SSSR count). The molecule has 1 atom stereocenters. The topological polar surface area (TPSA) is 43.1 Å². The second-order valence-corrected chi connectivity index (χ2v) is 3.41. The number of Topliss-reactive ketones (excluding diaryl/α,β-unsaturated/α-hetero) is 1. The van der Waals surface area contributed by atoms with Gasteiger partial charge in [0, 0.05) is 12.8 Å². The summed E-state index contributed by atoms with van der Waals surface area (Å²) < 4.78 is 25.4. The molecule has 0 radical (unpaired) electrons. The Hall–Kier alpha value is -1.73. The molecule has 0 aliphatic heterocycles. The summed E-state index contributed by atoms with van der Waals surface area (Å²) in [5, 5.41) is 0. The summed E-state index contributed by atoms with van der Waals surface area (Å²) >= 11 is 0. The lowest BCUT2D eigenvalue weighted by atomic mass is 10.0. The summed E-state index contributed by atoms with van der Waals surface area (Å²) in [5.41, 5.74) is 5.87. The zero-order valence-corrected chi connectivity index (χ0v) is 8.54. The maximum absolute atomic E-state index is 12.8. The summed E-state index contributed by atoms with van der Waals surface area (Å²) in [6.07, 6.45) is 5.11. The normalized spacial score (nSPS) is 11.9. The molecule has 2 N–H and O–H groups in total. The molecule has 0 heterocycles. The number of rotatable bonds is 4. The first-order valence-electron chi connectivity index (χ1n) is 4.70. The highest BCUT2D eigenvalue weighted by molar-refractivity contribution is 5.86. The van der Waals surface area contributed by atoms with E-state index in [0.29, 0.717) is 5.56 Å². The molecule has 0 spiro atoms. The Balaban J connectivity index is 2.70. The number of hydrogen-bond acceptors (Lipinski definition) is 2. The third-order valence-electron chi connectivity index (χ3n) is 2.11. The van der Waals surface area contributed by atoms with Gasteiger partial charge in [0.05, 0.1) is 6.04 Å². The molecule has 1 unspecified atom stereocenters. The van der Waals surface area contributed by atoms with E-state index in [9.17, 15) is 13.6 Å². The Morgan fingerprint density at radius 3 is 2.69 bits per heavy atom. The summed E-state index contributed by atoms with van der Waals surface area (Å²) in [7, 11) is 0. The van der Waals surface area contributed by atoms with Gasteiger partial charge in [-0.05, 0) is 17.7 Å². The molecule has 0 saturated carbocycles. The highest BCUT2D eigenvalue weighted by atomic mass is 19.2. The molecule has 0 amide bonds. The molecule has 16 heavy (non-hydrogen) atoms. The molecule has 4 heteroatoms.